The van der Waals surface area contributed by atoms with Crippen LogP contribution in [0.3, 0.4) is 0 Å². The minimum atomic E-state index is -1.02. The first-order valence-corrected chi connectivity index (χ1v) is 8.20. The minimum Gasteiger partial charge on any atom is -0.493 e. The number of aliphatic hydroxyl groups is 2. The molecule has 2 aliphatic carbocycles. The molecular formula is C18H21NO4. The van der Waals surface area contributed by atoms with Crippen LogP contribution in [0.2, 0.25) is 0 Å². The summed E-state index contributed by atoms with van der Waals surface area (Å²) in [6.07, 6.45) is 3.86. The molecule has 2 aliphatic heterocycles. The predicted molar refractivity (Wildman–Crippen MR) is 83.9 cm³/mol. The Morgan fingerprint density at radius 3 is 3.00 bits per heavy atom. The molecule has 1 aromatic carbocycles. The zero-order valence-corrected chi connectivity index (χ0v) is 13.3. The molecule has 122 valence electrons. The molecule has 1 fully saturated rings. The number of methoxy groups -OCH3 is 1. The highest BCUT2D eigenvalue weighted by Crippen LogP contribution is 2.63. The van der Waals surface area contributed by atoms with Crippen LogP contribution in [0.5, 0.6) is 11.5 Å². The fourth-order valence-corrected chi connectivity index (χ4v) is 5.44. The van der Waals surface area contributed by atoms with Gasteiger partial charge in [0.2, 0.25) is 0 Å². The van der Waals surface area contributed by atoms with Crippen molar-refractivity contribution in [3.63, 3.8) is 0 Å². The van der Waals surface area contributed by atoms with Crippen LogP contribution in [-0.2, 0) is 11.8 Å². The second-order valence-corrected chi connectivity index (χ2v) is 7.27. The molecule has 2 heterocycles. The van der Waals surface area contributed by atoms with E-state index < -0.39 is 23.2 Å². The van der Waals surface area contributed by atoms with Crippen LogP contribution >= 0.6 is 0 Å². The smallest absolute Gasteiger partial charge is 0.166 e. The van der Waals surface area contributed by atoms with E-state index in [2.05, 4.69) is 18.0 Å². The van der Waals surface area contributed by atoms with E-state index in [-0.39, 0.29) is 6.04 Å². The summed E-state index contributed by atoms with van der Waals surface area (Å²) in [5, 5.41) is 22.3. The van der Waals surface area contributed by atoms with Gasteiger partial charge >= 0.3 is 0 Å². The van der Waals surface area contributed by atoms with E-state index in [1.165, 1.54) is 5.56 Å². The molecule has 1 aromatic rings. The van der Waals surface area contributed by atoms with Crippen LogP contribution in [0.25, 0.3) is 0 Å². The van der Waals surface area contributed by atoms with Gasteiger partial charge < -0.3 is 19.7 Å². The molecule has 1 unspecified atom stereocenters. The number of hydrogen-bond acceptors (Lipinski definition) is 5. The fourth-order valence-electron chi connectivity index (χ4n) is 5.44. The first-order chi connectivity index (χ1) is 11.0. The van der Waals surface area contributed by atoms with Gasteiger partial charge in [-0.1, -0.05) is 18.2 Å². The molecule has 5 nitrogen and oxygen atoms in total. The third kappa shape index (κ3) is 1.32. The second-order valence-electron chi connectivity index (χ2n) is 7.27. The highest BCUT2D eigenvalue weighted by atomic mass is 16.5. The number of likely N-dealkylation sites (N-methyl/N-ethyl adjacent to an activating group) is 1. The minimum absolute atomic E-state index is 0.00190. The number of benzene rings is 1. The lowest BCUT2D eigenvalue weighted by molar-refractivity contribution is -0.151. The van der Waals surface area contributed by atoms with Crippen LogP contribution < -0.4 is 9.47 Å². The Labute approximate surface area is 135 Å². The van der Waals surface area contributed by atoms with Crippen molar-refractivity contribution >= 4 is 0 Å². The Kier molecular flexibility index (Phi) is 2.46. The van der Waals surface area contributed by atoms with Gasteiger partial charge in [-0.05, 0) is 38.1 Å². The summed E-state index contributed by atoms with van der Waals surface area (Å²) in [5.74, 6) is 1.39. The van der Waals surface area contributed by atoms with Gasteiger partial charge in [-0.25, -0.2) is 0 Å². The number of aliphatic hydroxyl groups excluding tert-OH is 1. The standard InChI is InChI=1S/C18H21NO4/c1-19-8-7-17-14-10-3-4-12(22-2)15(14)23-16(17)11(20)5-6-18(17,21)13(19)9-10/h3-6,11,13,16,20-21H,7-9H2,1-2H3/t11-,13+,16-,17-,18?/m0/s1. The molecule has 1 saturated heterocycles. The largest absolute Gasteiger partial charge is 0.493 e. The van der Waals surface area contributed by atoms with Gasteiger partial charge in [0.15, 0.2) is 11.5 Å². The van der Waals surface area contributed by atoms with Crippen molar-refractivity contribution in [1.29, 1.82) is 0 Å². The molecule has 0 saturated carbocycles. The van der Waals surface area contributed by atoms with E-state index in [1.54, 1.807) is 13.2 Å². The molecule has 1 spiro atoms. The van der Waals surface area contributed by atoms with Crippen LogP contribution in [0, 0.1) is 0 Å². The molecule has 5 atom stereocenters. The zero-order chi connectivity index (χ0) is 16.0. The summed E-state index contributed by atoms with van der Waals surface area (Å²) in [6.45, 7) is 0.878. The van der Waals surface area contributed by atoms with Crippen LogP contribution in [0.4, 0.5) is 0 Å². The fraction of sp³-hybridized carbons (Fsp3) is 0.556. The summed E-state index contributed by atoms with van der Waals surface area (Å²) >= 11 is 0. The Morgan fingerprint density at radius 1 is 1.39 bits per heavy atom. The van der Waals surface area contributed by atoms with E-state index in [0.717, 1.165) is 24.9 Å². The van der Waals surface area contributed by atoms with Gasteiger partial charge in [0.05, 0.1) is 12.5 Å². The second kappa shape index (κ2) is 4.09. The lowest BCUT2D eigenvalue weighted by Crippen LogP contribution is -2.75. The number of ether oxygens (including phenoxy) is 2. The third-order valence-corrected chi connectivity index (χ3v) is 6.49. The van der Waals surface area contributed by atoms with Crippen molar-refractivity contribution in [3.05, 3.63) is 35.4 Å². The predicted octanol–water partition coefficient (Wildman–Crippen LogP) is 0.616. The van der Waals surface area contributed by atoms with E-state index >= 15 is 0 Å². The van der Waals surface area contributed by atoms with Crippen molar-refractivity contribution in [2.24, 2.45) is 0 Å². The van der Waals surface area contributed by atoms with E-state index in [1.807, 2.05) is 12.1 Å². The number of rotatable bonds is 1. The summed E-state index contributed by atoms with van der Waals surface area (Å²) in [4.78, 5) is 2.23. The van der Waals surface area contributed by atoms with Crippen molar-refractivity contribution < 1.29 is 19.7 Å². The SMILES string of the molecule is COc1ccc2c3c1O[C@H]1[C@@H](O)C=CC4(O)[C@@H](C2)N(C)CC[C@]314. The number of likely N-dealkylation sites (tertiary alicyclic amines) is 1. The Balaban J connectivity index is 1.87. The molecule has 2 N–H and O–H groups in total. The highest BCUT2D eigenvalue weighted by molar-refractivity contribution is 5.64. The maximum absolute atomic E-state index is 11.7. The third-order valence-electron chi connectivity index (χ3n) is 6.49. The summed E-state index contributed by atoms with van der Waals surface area (Å²) < 4.78 is 11.7. The van der Waals surface area contributed by atoms with Gasteiger partial charge in [0.25, 0.3) is 0 Å². The van der Waals surface area contributed by atoms with Crippen LogP contribution in [0.1, 0.15) is 17.5 Å². The molecule has 5 rings (SSSR count). The van der Waals surface area contributed by atoms with E-state index in [0.29, 0.717) is 11.5 Å². The van der Waals surface area contributed by atoms with Gasteiger partial charge in [-0.2, -0.15) is 0 Å². The van der Waals surface area contributed by atoms with Crippen molar-refractivity contribution in [1.82, 2.24) is 4.90 Å². The maximum Gasteiger partial charge on any atom is 0.166 e. The lowest BCUT2D eigenvalue weighted by Gasteiger charge is -2.61. The van der Waals surface area contributed by atoms with Gasteiger partial charge in [0.1, 0.15) is 17.8 Å². The summed E-state index contributed by atoms with van der Waals surface area (Å²) in [5.41, 5.74) is 0.647. The molecular weight excluding hydrogens is 294 g/mol. The molecule has 0 amide bonds. The van der Waals surface area contributed by atoms with E-state index in [9.17, 15) is 10.2 Å². The van der Waals surface area contributed by atoms with Gasteiger partial charge in [-0.3, -0.25) is 4.90 Å². The van der Waals surface area contributed by atoms with Crippen molar-refractivity contribution in [3.8, 4) is 11.5 Å². The highest BCUT2D eigenvalue weighted by Gasteiger charge is 2.71. The van der Waals surface area contributed by atoms with Gasteiger partial charge in [0, 0.05) is 11.6 Å². The first-order valence-electron chi connectivity index (χ1n) is 8.20. The molecule has 0 aromatic heterocycles. The summed E-state index contributed by atoms with van der Waals surface area (Å²) in [6, 6.07) is 4.02. The number of piperidine rings is 1. The molecule has 23 heavy (non-hydrogen) atoms. The maximum atomic E-state index is 11.7. The lowest BCUT2D eigenvalue weighted by atomic mass is 9.50. The number of hydrogen-bond donors (Lipinski definition) is 2. The monoisotopic (exact) mass is 315 g/mol. The molecule has 4 aliphatic rings. The normalized spacial score (nSPS) is 43.0. The molecule has 0 radical (unpaired) electrons. The van der Waals surface area contributed by atoms with Crippen molar-refractivity contribution in [2.45, 2.75) is 42.1 Å². The topological polar surface area (TPSA) is 62.2 Å². The van der Waals surface area contributed by atoms with E-state index in [4.69, 9.17) is 9.47 Å². The van der Waals surface area contributed by atoms with Crippen LogP contribution in [-0.4, -0.2) is 59.7 Å². The number of nitrogens with zero attached hydrogens (tertiary/aromatic N) is 1. The summed E-state index contributed by atoms with van der Waals surface area (Å²) in [7, 11) is 3.69. The van der Waals surface area contributed by atoms with Crippen LogP contribution in [0.15, 0.2) is 24.3 Å². The molecule has 5 heteroatoms. The zero-order valence-electron chi connectivity index (χ0n) is 13.3. The average Bonchev–Trinajstić information content (AvgIpc) is 2.90. The Bertz CT molecular complexity index is 732. The quantitative estimate of drug-likeness (QED) is 0.744. The van der Waals surface area contributed by atoms with Crippen molar-refractivity contribution in [2.75, 3.05) is 20.7 Å². The first kappa shape index (κ1) is 13.8. The van der Waals surface area contributed by atoms with Gasteiger partial charge in [-0.15, -0.1) is 0 Å². The Hall–Kier alpha value is -1.56. The Morgan fingerprint density at radius 2 is 2.22 bits per heavy atom. The molecule has 2 bridgehead atoms. The average molecular weight is 315 g/mol.